The van der Waals surface area contributed by atoms with Gasteiger partial charge in [-0.2, -0.15) is 0 Å². The van der Waals surface area contributed by atoms with Crippen molar-refractivity contribution in [2.24, 2.45) is 5.92 Å². The van der Waals surface area contributed by atoms with E-state index in [4.69, 9.17) is 0 Å². The fourth-order valence-corrected chi connectivity index (χ4v) is 3.91. The van der Waals surface area contributed by atoms with Crippen molar-refractivity contribution in [2.75, 3.05) is 13.1 Å². The van der Waals surface area contributed by atoms with Gasteiger partial charge in [0.2, 0.25) is 0 Å². The average Bonchev–Trinajstić information content (AvgIpc) is 2.98. The third kappa shape index (κ3) is 3.51. The van der Waals surface area contributed by atoms with E-state index in [2.05, 4.69) is 0 Å². The Morgan fingerprint density at radius 1 is 1.00 bits per heavy atom. The van der Waals surface area contributed by atoms with Gasteiger partial charge in [-0.25, -0.2) is 0 Å². The predicted octanol–water partition coefficient (Wildman–Crippen LogP) is 2.42. The summed E-state index contributed by atoms with van der Waals surface area (Å²) in [6.07, 6.45) is 1.22. The summed E-state index contributed by atoms with van der Waals surface area (Å²) in [5.41, 5.74) is 1.86. The maximum atomic E-state index is 12.9. The molecule has 0 spiro atoms. The minimum atomic E-state index is -0.887. The number of carboxylic acid groups (broad SMARTS) is 1. The Kier molecular flexibility index (Phi) is 4.88. The van der Waals surface area contributed by atoms with Crippen molar-refractivity contribution < 1.29 is 24.3 Å². The molecule has 3 amide bonds. The second-order valence-electron chi connectivity index (χ2n) is 7.37. The van der Waals surface area contributed by atoms with Crippen LogP contribution in [-0.2, 0) is 11.3 Å². The highest BCUT2D eigenvalue weighted by Gasteiger charge is 2.35. The molecule has 1 fully saturated rings. The first-order valence-electron chi connectivity index (χ1n) is 9.52. The molecule has 7 heteroatoms. The molecule has 1 N–H and O–H groups in total. The number of hydrogen-bond acceptors (Lipinski definition) is 4. The van der Waals surface area contributed by atoms with Crippen LogP contribution < -0.4 is 0 Å². The van der Waals surface area contributed by atoms with Gasteiger partial charge in [0.15, 0.2) is 0 Å². The molecule has 2 aromatic rings. The quantitative estimate of drug-likeness (QED) is 0.807. The number of carbonyl (C=O) groups excluding carboxylic acids is 3. The van der Waals surface area contributed by atoms with Gasteiger partial charge in [-0.05, 0) is 42.7 Å². The molecule has 4 rings (SSSR count). The van der Waals surface area contributed by atoms with Crippen LogP contribution in [-0.4, -0.2) is 51.7 Å². The lowest BCUT2D eigenvalue weighted by molar-refractivity contribution is -0.143. The van der Waals surface area contributed by atoms with Crippen molar-refractivity contribution in [3.8, 4) is 0 Å². The zero-order valence-electron chi connectivity index (χ0n) is 15.7. The Balaban J connectivity index is 1.51. The Bertz CT molecular complexity index is 981. The maximum absolute atomic E-state index is 12.9. The van der Waals surface area contributed by atoms with E-state index in [1.54, 1.807) is 53.4 Å². The Morgan fingerprint density at radius 2 is 1.69 bits per heavy atom. The Morgan fingerprint density at radius 3 is 2.34 bits per heavy atom. The van der Waals surface area contributed by atoms with Gasteiger partial charge in [-0.15, -0.1) is 0 Å². The van der Waals surface area contributed by atoms with E-state index in [1.165, 1.54) is 4.90 Å². The summed E-state index contributed by atoms with van der Waals surface area (Å²) in [7, 11) is 0. The van der Waals surface area contributed by atoms with E-state index in [1.807, 2.05) is 0 Å². The third-order valence-corrected chi connectivity index (χ3v) is 5.45. The molecule has 148 valence electrons. The smallest absolute Gasteiger partial charge is 0.308 e. The van der Waals surface area contributed by atoms with Crippen LogP contribution >= 0.6 is 0 Å². The monoisotopic (exact) mass is 392 g/mol. The van der Waals surface area contributed by atoms with Gasteiger partial charge in [0, 0.05) is 18.7 Å². The van der Waals surface area contributed by atoms with Crippen molar-refractivity contribution in [1.29, 1.82) is 0 Å². The number of imide groups is 1. The Hall–Kier alpha value is -3.48. The van der Waals surface area contributed by atoms with Crippen LogP contribution in [0.2, 0.25) is 0 Å². The molecule has 0 aromatic heterocycles. The number of aliphatic carboxylic acids is 1. The lowest BCUT2D eigenvalue weighted by Gasteiger charge is -2.30. The van der Waals surface area contributed by atoms with Gasteiger partial charge in [-0.1, -0.05) is 24.3 Å². The van der Waals surface area contributed by atoms with E-state index >= 15 is 0 Å². The number of hydrogen-bond donors (Lipinski definition) is 1. The number of carboxylic acids is 1. The van der Waals surface area contributed by atoms with Gasteiger partial charge in [-0.3, -0.25) is 24.1 Å². The molecule has 1 unspecified atom stereocenters. The van der Waals surface area contributed by atoms with E-state index in [9.17, 15) is 24.3 Å². The van der Waals surface area contributed by atoms with Crippen molar-refractivity contribution in [1.82, 2.24) is 9.80 Å². The molecule has 0 bridgehead atoms. The first-order chi connectivity index (χ1) is 14.0. The fraction of sp³-hybridized carbons (Fsp3) is 0.273. The number of rotatable bonds is 4. The van der Waals surface area contributed by atoms with E-state index in [-0.39, 0.29) is 30.8 Å². The molecule has 2 aliphatic rings. The van der Waals surface area contributed by atoms with Crippen molar-refractivity contribution >= 4 is 23.7 Å². The molecule has 1 saturated heterocycles. The van der Waals surface area contributed by atoms with E-state index in [0.717, 1.165) is 0 Å². The third-order valence-electron chi connectivity index (χ3n) is 5.45. The molecule has 0 radical (unpaired) electrons. The second kappa shape index (κ2) is 7.50. The maximum Gasteiger partial charge on any atom is 0.308 e. The predicted molar refractivity (Wildman–Crippen MR) is 103 cm³/mol. The molecule has 0 saturated carbocycles. The van der Waals surface area contributed by atoms with Crippen LogP contribution in [0.3, 0.4) is 0 Å². The van der Waals surface area contributed by atoms with Crippen LogP contribution in [0.1, 0.15) is 49.5 Å². The van der Waals surface area contributed by atoms with Gasteiger partial charge in [0.25, 0.3) is 17.7 Å². The van der Waals surface area contributed by atoms with Crippen LogP contribution in [0.15, 0.2) is 48.5 Å². The van der Waals surface area contributed by atoms with Crippen molar-refractivity contribution in [2.45, 2.75) is 19.4 Å². The van der Waals surface area contributed by atoms with Crippen molar-refractivity contribution in [3.05, 3.63) is 70.8 Å². The molecular weight excluding hydrogens is 372 g/mol. The number of fused-ring (bicyclic) bond motifs is 1. The zero-order chi connectivity index (χ0) is 20.5. The highest BCUT2D eigenvalue weighted by Crippen LogP contribution is 2.25. The minimum absolute atomic E-state index is 0.0746. The SMILES string of the molecule is O=C(O)C1CCCN(C(=O)c2cccc(CN3C(=O)c4ccccc4C3=O)c2)C1. The van der Waals surface area contributed by atoms with E-state index < -0.39 is 11.9 Å². The lowest BCUT2D eigenvalue weighted by Crippen LogP contribution is -2.42. The highest BCUT2D eigenvalue weighted by atomic mass is 16.4. The molecule has 2 heterocycles. The normalized spacial score (nSPS) is 18.7. The number of nitrogens with zero attached hydrogens (tertiary/aromatic N) is 2. The van der Waals surface area contributed by atoms with Gasteiger partial charge in [0.1, 0.15) is 0 Å². The summed E-state index contributed by atoms with van der Waals surface area (Å²) < 4.78 is 0. The first-order valence-corrected chi connectivity index (χ1v) is 9.52. The van der Waals surface area contributed by atoms with Gasteiger partial charge >= 0.3 is 5.97 Å². The largest absolute Gasteiger partial charge is 0.481 e. The summed E-state index contributed by atoms with van der Waals surface area (Å²) in [5.74, 6) is -2.36. The number of benzene rings is 2. The zero-order valence-corrected chi connectivity index (χ0v) is 15.7. The second-order valence-corrected chi connectivity index (χ2v) is 7.37. The topological polar surface area (TPSA) is 95.0 Å². The number of amides is 3. The highest BCUT2D eigenvalue weighted by molar-refractivity contribution is 6.21. The molecule has 1 atom stereocenters. The standard InChI is InChI=1S/C22H20N2O5/c25-19(23-10-4-7-16(13-23)22(28)29)15-6-3-5-14(11-15)12-24-20(26)17-8-1-2-9-18(17)21(24)27/h1-3,5-6,8-9,11,16H,4,7,10,12-13H2,(H,28,29). The molecule has 29 heavy (non-hydrogen) atoms. The number of likely N-dealkylation sites (tertiary alicyclic amines) is 1. The number of piperidine rings is 1. The summed E-state index contributed by atoms with van der Waals surface area (Å²) in [6, 6.07) is 13.5. The fourth-order valence-electron chi connectivity index (χ4n) is 3.91. The number of carbonyl (C=O) groups is 4. The van der Waals surface area contributed by atoms with E-state index in [0.29, 0.717) is 41.6 Å². The molecule has 2 aromatic carbocycles. The van der Waals surface area contributed by atoms with Crippen LogP contribution in [0.25, 0.3) is 0 Å². The summed E-state index contributed by atoms with van der Waals surface area (Å²) >= 11 is 0. The molecule has 0 aliphatic carbocycles. The summed E-state index contributed by atoms with van der Waals surface area (Å²) in [5, 5.41) is 9.23. The van der Waals surface area contributed by atoms with Crippen LogP contribution in [0.4, 0.5) is 0 Å². The van der Waals surface area contributed by atoms with Crippen LogP contribution in [0, 0.1) is 5.92 Å². The Labute approximate surface area is 167 Å². The molecule has 7 nitrogen and oxygen atoms in total. The lowest BCUT2D eigenvalue weighted by atomic mass is 9.97. The minimum Gasteiger partial charge on any atom is -0.481 e. The summed E-state index contributed by atoms with van der Waals surface area (Å²) in [4.78, 5) is 51.9. The molecule has 2 aliphatic heterocycles. The van der Waals surface area contributed by atoms with Gasteiger partial charge < -0.3 is 10.0 Å². The van der Waals surface area contributed by atoms with Crippen molar-refractivity contribution in [3.63, 3.8) is 0 Å². The first kappa shape index (κ1) is 18.9. The molecular formula is C22H20N2O5. The van der Waals surface area contributed by atoms with Crippen LogP contribution in [0.5, 0.6) is 0 Å². The summed E-state index contributed by atoms with van der Waals surface area (Å²) in [6.45, 7) is 0.785. The average molecular weight is 392 g/mol. The van der Waals surface area contributed by atoms with Gasteiger partial charge in [0.05, 0.1) is 23.6 Å².